The zero-order chi connectivity index (χ0) is 22.2. The standard InChI is InChI=1S/C23H26ClFN2O3S/c1-30-21-7-6-18(24)14-19(21)23(29)27-11-8-16(9-12-27)22(28)26-10-13-31-15-17-4-2-3-5-20(17)25/h2-7,14,16H,8-13,15H2,1H3,(H,26,28). The first-order valence-corrected chi connectivity index (χ1v) is 11.7. The zero-order valence-corrected chi connectivity index (χ0v) is 19.0. The average molecular weight is 465 g/mol. The van der Waals surface area contributed by atoms with Gasteiger partial charge in [-0.15, -0.1) is 0 Å². The van der Waals surface area contributed by atoms with E-state index in [0.717, 1.165) is 0 Å². The molecule has 2 aromatic rings. The van der Waals surface area contributed by atoms with E-state index in [1.54, 1.807) is 47.0 Å². The molecule has 5 nitrogen and oxygen atoms in total. The van der Waals surface area contributed by atoms with Crippen molar-refractivity contribution in [2.75, 3.05) is 32.5 Å². The second-order valence-electron chi connectivity index (χ2n) is 7.35. The number of carbonyl (C=O) groups excluding carboxylic acids is 2. The highest BCUT2D eigenvalue weighted by Gasteiger charge is 2.28. The van der Waals surface area contributed by atoms with Crippen molar-refractivity contribution in [1.82, 2.24) is 10.2 Å². The number of amides is 2. The number of benzene rings is 2. The molecule has 0 radical (unpaired) electrons. The van der Waals surface area contributed by atoms with Gasteiger partial charge in [-0.25, -0.2) is 4.39 Å². The van der Waals surface area contributed by atoms with Crippen LogP contribution in [0.3, 0.4) is 0 Å². The number of halogens is 2. The number of hydrogen-bond acceptors (Lipinski definition) is 4. The molecule has 2 amide bonds. The topological polar surface area (TPSA) is 58.6 Å². The van der Waals surface area contributed by atoms with Crippen LogP contribution in [0.2, 0.25) is 5.02 Å². The Morgan fingerprint density at radius 2 is 1.97 bits per heavy atom. The summed E-state index contributed by atoms with van der Waals surface area (Å²) in [5.74, 6) is 1.35. The number of ether oxygens (including phenoxy) is 1. The summed E-state index contributed by atoms with van der Waals surface area (Å²) < 4.78 is 18.9. The molecule has 0 atom stereocenters. The third-order valence-electron chi connectivity index (χ3n) is 5.31. The van der Waals surface area contributed by atoms with Crippen molar-refractivity contribution in [3.05, 3.63) is 64.4 Å². The van der Waals surface area contributed by atoms with Crippen molar-refractivity contribution in [1.29, 1.82) is 0 Å². The van der Waals surface area contributed by atoms with E-state index < -0.39 is 0 Å². The van der Waals surface area contributed by atoms with E-state index in [2.05, 4.69) is 5.32 Å². The van der Waals surface area contributed by atoms with Crippen molar-refractivity contribution in [3.63, 3.8) is 0 Å². The second-order valence-corrected chi connectivity index (χ2v) is 8.89. The number of thioether (sulfide) groups is 1. The summed E-state index contributed by atoms with van der Waals surface area (Å²) in [7, 11) is 1.52. The van der Waals surface area contributed by atoms with Gasteiger partial charge >= 0.3 is 0 Å². The van der Waals surface area contributed by atoms with Gasteiger partial charge in [-0.2, -0.15) is 11.8 Å². The van der Waals surface area contributed by atoms with Crippen LogP contribution >= 0.6 is 23.4 Å². The first kappa shape index (κ1) is 23.4. The minimum atomic E-state index is -0.198. The van der Waals surface area contributed by atoms with Crippen LogP contribution in [0.25, 0.3) is 0 Å². The first-order chi connectivity index (χ1) is 15.0. The van der Waals surface area contributed by atoms with Crippen LogP contribution in [0.15, 0.2) is 42.5 Å². The zero-order valence-electron chi connectivity index (χ0n) is 17.4. The number of likely N-dealkylation sites (tertiary alicyclic amines) is 1. The van der Waals surface area contributed by atoms with Crippen LogP contribution in [0.5, 0.6) is 5.75 Å². The molecule has 0 aliphatic carbocycles. The summed E-state index contributed by atoms with van der Waals surface area (Å²) in [6.45, 7) is 1.56. The van der Waals surface area contributed by atoms with Crippen molar-refractivity contribution >= 4 is 35.2 Å². The normalized spacial score (nSPS) is 14.4. The number of nitrogens with zero attached hydrogens (tertiary/aromatic N) is 1. The lowest BCUT2D eigenvalue weighted by Crippen LogP contribution is -2.43. The van der Waals surface area contributed by atoms with Gasteiger partial charge < -0.3 is 15.0 Å². The van der Waals surface area contributed by atoms with E-state index in [-0.39, 0.29) is 23.5 Å². The lowest BCUT2D eigenvalue weighted by Gasteiger charge is -2.31. The monoisotopic (exact) mass is 464 g/mol. The summed E-state index contributed by atoms with van der Waals surface area (Å²) in [6.07, 6.45) is 1.23. The molecule has 3 rings (SSSR count). The second kappa shape index (κ2) is 11.4. The largest absolute Gasteiger partial charge is 0.496 e. The summed E-state index contributed by atoms with van der Waals surface area (Å²) in [5, 5.41) is 3.44. The van der Waals surface area contributed by atoms with Crippen LogP contribution in [-0.4, -0.2) is 49.2 Å². The number of nitrogens with one attached hydrogen (secondary N) is 1. The summed E-state index contributed by atoms with van der Waals surface area (Å²) >= 11 is 7.62. The Morgan fingerprint density at radius 3 is 2.68 bits per heavy atom. The van der Waals surface area contributed by atoms with Gasteiger partial charge in [0, 0.05) is 42.1 Å². The molecule has 0 unspecified atom stereocenters. The van der Waals surface area contributed by atoms with E-state index >= 15 is 0 Å². The van der Waals surface area contributed by atoms with Gasteiger partial charge in [-0.3, -0.25) is 9.59 Å². The highest BCUT2D eigenvalue weighted by atomic mass is 35.5. The molecule has 31 heavy (non-hydrogen) atoms. The molecular formula is C23H26ClFN2O3S. The molecule has 166 valence electrons. The number of hydrogen-bond donors (Lipinski definition) is 1. The third-order valence-corrected chi connectivity index (χ3v) is 6.55. The fourth-order valence-electron chi connectivity index (χ4n) is 3.55. The average Bonchev–Trinajstić information content (AvgIpc) is 2.79. The van der Waals surface area contributed by atoms with E-state index in [0.29, 0.717) is 65.9 Å². The Morgan fingerprint density at radius 1 is 1.23 bits per heavy atom. The number of piperidine rings is 1. The Labute approximate surface area is 191 Å². The minimum Gasteiger partial charge on any atom is -0.496 e. The molecule has 8 heteroatoms. The van der Waals surface area contributed by atoms with Gasteiger partial charge in [-0.1, -0.05) is 29.8 Å². The molecule has 1 aliphatic rings. The molecule has 1 N–H and O–H groups in total. The van der Waals surface area contributed by atoms with Gasteiger partial charge in [0.2, 0.25) is 5.91 Å². The van der Waals surface area contributed by atoms with Crippen molar-refractivity contribution in [2.24, 2.45) is 5.92 Å². The molecule has 1 saturated heterocycles. The SMILES string of the molecule is COc1ccc(Cl)cc1C(=O)N1CCC(C(=O)NCCSCc2ccccc2F)CC1. The van der Waals surface area contributed by atoms with E-state index in [4.69, 9.17) is 16.3 Å². The Balaban J connectivity index is 1.40. The van der Waals surface area contributed by atoms with E-state index in [1.807, 2.05) is 6.07 Å². The number of carbonyl (C=O) groups is 2. The lowest BCUT2D eigenvalue weighted by molar-refractivity contribution is -0.126. The van der Waals surface area contributed by atoms with Gasteiger partial charge in [0.25, 0.3) is 5.91 Å². The molecule has 0 spiro atoms. The fraction of sp³-hybridized carbons (Fsp3) is 0.391. The van der Waals surface area contributed by atoms with Crippen LogP contribution in [0, 0.1) is 11.7 Å². The van der Waals surface area contributed by atoms with Gasteiger partial charge in [-0.05, 0) is 42.7 Å². The Kier molecular flexibility index (Phi) is 8.60. The van der Waals surface area contributed by atoms with Crippen molar-refractivity contribution < 1.29 is 18.7 Å². The molecule has 1 fully saturated rings. The summed E-state index contributed by atoms with van der Waals surface area (Å²) in [4.78, 5) is 27.0. The van der Waals surface area contributed by atoms with Crippen molar-refractivity contribution in [3.8, 4) is 5.75 Å². The van der Waals surface area contributed by atoms with E-state index in [9.17, 15) is 14.0 Å². The van der Waals surface area contributed by atoms with Gasteiger partial charge in [0.1, 0.15) is 11.6 Å². The van der Waals surface area contributed by atoms with Crippen LogP contribution in [0.4, 0.5) is 4.39 Å². The van der Waals surface area contributed by atoms with Gasteiger partial charge in [0.05, 0.1) is 12.7 Å². The molecule has 1 heterocycles. The molecule has 0 bridgehead atoms. The number of rotatable bonds is 8. The highest BCUT2D eigenvalue weighted by Crippen LogP contribution is 2.26. The third kappa shape index (κ3) is 6.37. The maximum atomic E-state index is 13.6. The molecule has 1 aliphatic heterocycles. The summed E-state index contributed by atoms with van der Waals surface area (Å²) in [6, 6.07) is 11.7. The minimum absolute atomic E-state index is 0.0129. The predicted molar refractivity (Wildman–Crippen MR) is 122 cm³/mol. The van der Waals surface area contributed by atoms with Crippen LogP contribution < -0.4 is 10.1 Å². The number of methoxy groups -OCH3 is 1. The molecule has 0 aromatic heterocycles. The maximum absolute atomic E-state index is 13.6. The van der Waals surface area contributed by atoms with Gasteiger partial charge in [0.15, 0.2) is 0 Å². The van der Waals surface area contributed by atoms with Crippen LogP contribution in [-0.2, 0) is 10.5 Å². The highest BCUT2D eigenvalue weighted by molar-refractivity contribution is 7.98. The lowest BCUT2D eigenvalue weighted by atomic mass is 9.95. The smallest absolute Gasteiger partial charge is 0.257 e. The van der Waals surface area contributed by atoms with E-state index in [1.165, 1.54) is 13.2 Å². The predicted octanol–water partition coefficient (Wildman–Crippen LogP) is 4.39. The molecule has 0 saturated carbocycles. The first-order valence-electron chi connectivity index (χ1n) is 10.2. The molecular weight excluding hydrogens is 439 g/mol. The molecule has 2 aromatic carbocycles. The van der Waals surface area contributed by atoms with Crippen molar-refractivity contribution in [2.45, 2.75) is 18.6 Å². The van der Waals surface area contributed by atoms with Crippen LogP contribution in [0.1, 0.15) is 28.8 Å². The quantitative estimate of drug-likeness (QED) is 0.589. The summed E-state index contributed by atoms with van der Waals surface area (Å²) in [5.41, 5.74) is 1.11. The Bertz CT molecular complexity index is 919. The Hall–Kier alpha value is -2.25. The maximum Gasteiger partial charge on any atom is 0.257 e. The fourth-order valence-corrected chi connectivity index (χ4v) is 4.57.